The summed E-state index contributed by atoms with van der Waals surface area (Å²) in [6, 6.07) is 5.38. The molecule has 2 aromatic rings. The third-order valence-corrected chi connectivity index (χ3v) is 2.75. The normalized spacial score (nSPS) is 11.3. The summed E-state index contributed by atoms with van der Waals surface area (Å²) in [5.41, 5.74) is -0.528. The molecule has 0 aliphatic carbocycles. The highest BCUT2D eigenvalue weighted by molar-refractivity contribution is 5.56. The molecule has 0 radical (unpaired) electrons. The predicted molar refractivity (Wildman–Crippen MR) is 68.0 cm³/mol. The third-order valence-electron chi connectivity index (χ3n) is 2.75. The van der Waals surface area contributed by atoms with Crippen molar-refractivity contribution in [2.45, 2.75) is 6.18 Å². The van der Waals surface area contributed by atoms with Crippen molar-refractivity contribution in [3.05, 3.63) is 41.8 Å². The van der Waals surface area contributed by atoms with E-state index < -0.39 is 23.4 Å². The first-order valence-corrected chi connectivity index (χ1v) is 5.80. The molecule has 8 heteroatoms. The number of aromatic nitrogens is 2. The molecule has 1 aromatic carbocycles. The van der Waals surface area contributed by atoms with Crippen LogP contribution in [0.4, 0.5) is 29.2 Å². The van der Waals surface area contributed by atoms with Crippen LogP contribution in [-0.2, 0) is 6.18 Å². The van der Waals surface area contributed by atoms with E-state index in [1.165, 1.54) is 29.2 Å². The van der Waals surface area contributed by atoms with Gasteiger partial charge in [-0.2, -0.15) is 18.2 Å². The fourth-order valence-electron chi connectivity index (χ4n) is 1.65. The Hall–Kier alpha value is -2.38. The SMILES string of the molecule is COc1nc(N(C)c2ccc(F)cc2)ncc1C(F)(F)F. The maximum absolute atomic E-state index is 12.9. The van der Waals surface area contributed by atoms with Gasteiger partial charge in [0, 0.05) is 18.9 Å². The molecule has 0 aliphatic rings. The molecule has 1 heterocycles. The van der Waals surface area contributed by atoms with Crippen molar-refractivity contribution in [1.82, 2.24) is 9.97 Å². The van der Waals surface area contributed by atoms with Crippen molar-refractivity contribution in [3.8, 4) is 5.88 Å². The lowest BCUT2D eigenvalue weighted by atomic mass is 10.3. The van der Waals surface area contributed by atoms with Gasteiger partial charge in [0.1, 0.15) is 11.4 Å². The Morgan fingerprint density at radius 1 is 1.14 bits per heavy atom. The summed E-state index contributed by atoms with van der Waals surface area (Å²) in [5, 5.41) is 0. The van der Waals surface area contributed by atoms with Crippen LogP contribution in [0.15, 0.2) is 30.5 Å². The third kappa shape index (κ3) is 3.21. The molecule has 0 saturated carbocycles. The Bertz CT molecular complexity index is 628. The van der Waals surface area contributed by atoms with E-state index in [9.17, 15) is 17.6 Å². The van der Waals surface area contributed by atoms with Gasteiger partial charge in [0.15, 0.2) is 0 Å². The summed E-state index contributed by atoms with van der Waals surface area (Å²) in [6.07, 6.45) is -3.94. The predicted octanol–water partition coefficient (Wildman–Crippen LogP) is 3.41. The second-order valence-corrected chi connectivity index (χ2v) is 4.13. The van der Waals surface area contributed by atoms with Gasteiger partial charge in [-0.15, -0.1) is 0 Å². The van der Waals surface area contributed by atoms with Gasteiger partial charge in [0.05, 0.1) is 7.11 Å². The molecule has 0 bridgehead atoms. The number of methoxy groups -OCH3 is 1. The Balaban J connectivity index is 2.38. The Morgan fingerprint density at radius 3 is 2.29 bits per heavy atom. The Kier molecular flexibility index (Phi) is 3.97. The van der Waals surface area contributed by atoms with Gasteiger partial charge in [-0.1, -0.05) is 0 Å². The summed E-state index contributed by atoms with van der Waals surface area (Å²) < 4.78 is 55.7. The lowest BCUT2D eigenvalue weighted by Gasteiger charge is -2.19. The van der Waals surface area contributed by atoms with Gasteiger partial charge < -0.3 is 9.64 Å². The first-order valence-electron chi connectivity index (χ1n) is 5.80. The second kappa shape index (κ2) is 5.55. The molecule has 0 fully saturated rings. The van der Waals surface area contributed by atoms with Crippen molar-refractivity contribution in [2.75, 3.05) is 19.1 Å². The van der Waals surface area contributed by atoms with E-state index in [0.717, 1.165) is 7.11 Å². The molecule has 1 aromatic heterocycles. The molecule has 0 amide bonds. The van der Waals surface area contributed by atoms with Crippen LogP contribution < -0.4 is 9.64 Å². The molecule has 112 valence electrons. The maximum atomic E-state index is 12.9. The maximum Gasteiger partial charge on any atom is 0.423 e. The van der Waals surface area contributed by atoms with E-state index in [-0.39, 0.29) is 5.95 Å². The summed E-state index contributed by atoms with van der Waals surface area (Å²) in [5.74, 6) is -0.981. The molecule has 0 aliphatic heterocycles. The summed E-state index contributed by atoms with van der Waals surface area (Å²) in [7, 11) is 2.65. The quantitative estimate of drug-likeness (QED) is 0.814. The van der Waals surface area contributed by atoms with Crippen LogP contribution in [0.1, 0.15) is 5.56 Å². The van der Waals surface area contributed by atoms with Crippen LogP contribution >= 0.6 is 0 Å². The first kappa shape index (κ1) is 15.0. The minimum absolute atomic E-state index is 0.00598. The minimum atomic E-state index is -4.60. The topological polar surface area (TPSA) is 38.2 Å². The van der Waals surface area contributed by atoms with Crippen LogP contribution in [0.3, 0.4) is 0 Å². The molecule has 0 N–H and O–H groups in total. The van der Waals surface area contributed by atoms with Crippen LogP contribution in [0.25, 0.3) is 0 Å². The van der Waals surface area contributed by atoms with Gasteiger partial charge in [-0.25, -0.2) is 9.37 Å². The van der Waals surface area contributed by atoms with Gasteiger partial charge in [0.25, 0.3) is 0 Å². The summed E-state index contributed by atoms with van der Waals surface area (Å²) in [6.45, 7) is 0. The van der Waals surface area contributed by atoms with E-state index in [0.29, 0.717) is 11.9 Å². The van der Waals surface area contributed by atoms with Crippen molar-refractivity contribution >= 4 is 11.6 Å². The van der Waals surface area contributed by atoms with Crippen LogP contribution in [0.2, 0.25) is 0 Å². The van der Waals surface area contributed by atoms with Gasteiger partial charge >= 0.3 is 6.18 Å². The zero-order valence-corrected chi connectivity index (χ0v) is 11.1. The number of anilines is 2. The van der Waals surface area contributed by atoms with Gasteiger partial charge in [-0.3, -0.25) is 0 Å². The molecule has 0 atom stereocenters. The van der Waals surface area contributed by atoms with E-state index >= 15 is 0 Å². The highest BCUT2D eigenvalue weighted by Gasteiger charge is 2.36. The van der Waals surface area contributed by atoms with Crippen LogP contribution in [0.5, 0.6) is 5.88 Å². The number of rotatable bonds is 3. The standard InChI is InChI=1S/C13H11F4N3O/c1-20(9-5-3-8(14)4-6-9)12-18-7-10(13(15,16)17)11(19-12)21-2/h3-7H,1-2H3. The monoisotopic (exact) mass is 301 g/mol. The fraction of sp³-hybridized carbons (Fsp3) is 0.231. The molecule has 2 rings (SSSR count). The zero-order chi connectivity index (χ0) is 15.6. The van der Waals surface area contributed by atoms with E-state index in [1.807, 2.05) is 0 Å². The zero-order valence-electron chi connectivity index (χ0n) is 11.1. The number of halogens is 4. The van der Waals surface area contributed by atoms with Crippen molar-refractivity contribution in [2.24, 2.45) is 0 Å². The largest absolute Gasteiger partial charge is 0.480 e. The fourth-order valence-corrected chi connectivity index (χ4v) is 1.65. The highest BCUT2D eigenvalue weighted by atomic mass is 19.4. The lowest BCUT2D eigenvalue weighted by molar-refractivity contribution is -0.139. The first-order chi connectivity index (χ1) is 9.82. The smallest absolute Gasteiger partial charge is 0.423 e. The number of ether oxygens (including phenoxy) is 1. The molecular formula is C13H11F4N3O. The van der Waals surface area contributed by atoms with Crippen LogP contribution in [-0.4, -0.2) is 24.1 Å². The molecule has 4 nitrogen and oxygen atoms in total. The Labute approximate surface area is 118 Å². The van der Waals surface area contributed by atoms with Crippen LogP contribution in [0, 0.1) is 5.82 Å². The summed E-state index contributed by atoms with van der Waals surface area (Å²) in [4.78, 5) is 8.83. The average Bonchev–Trinajstić information content (AvgIpc) is 2.45. The number of benzene rings is 1. The second-order valence-electron chi connectivity index (χ2n) is 4.13. The average molecular weight is 301 g/mol. The minimum Gasteiger partial charge on any atom is -0.480 e. The van der Waals surface area contributed by atoms with E-state index in [1.54, 1.807) is 7.05 Å². The molecule has 0 saturated heterocycles. The molecule has 21 heavy (non-hydrogen) atoms. The van der Waals surface area contributed by atoms with Crippen molar-refractivity contribution < 1.29 is 22.3 Å². The number of hydrogen-bond donors (Lipinski definition) is 0. The van der Waals surface area contributed by atoms with Gasteiger partial charge in [-0.05, 0) is 24.3 Å². The number of hydrogen-bond acceptors (Lipinski definition) is 4. The highest BCUT2D eigenvalue weighted by Crippen LogP contribution is 2.35. The lowest BCUT2D eigenvalue weighted by Crippen LogP contribution is -2.16. The van der Waals surface area contributed by atoms with Crippen molar-refractivity contribution in [3.63, 3.8) is 0 Å². The molecule has 0 unspecified atom stereocenters. The molecule has 0 spiro atoms. The van der Waals surface area contributed by atoms with Crippen molar-refractivity contribution in [1.29, 1.82) is 0 Å². The summed E-state index contributed by atoms with van der Waals surface area (Å²) >= 11 is 0. The van der Waals surface area contributed by atoms with Gasteiger partial charge in [0.2, 0.25) is 11.8 Å². The van der Waals surface area contributed by atoms with E-state index in [4.69, 9.17) is 0 Å². The number of nitrogens with zero attached hydrogens (tertiary/aromatic N) is 3. The Morgan fingerprint density at radius 2 is 1.76 bits per heavy atom. The number of alkyl halides is 3. The molecular weight excluding hydrogens is 290 g/mol. The van der Waals surface area contributed by atoms with E-state index in [2.05, 4.69) is 14.7 Å².